The molecule has 13 heavy (non-hydrogen) atoms. The van der Waals surface area contributed by atoms with Gasteiger partial charge in [-0.1, -0.05) is 6.07 Å². The van der Waals surface area contributed by atoms with E-state index < -0.39 is 10.1 Å². The summed E-state index contributed by atoms with van der Waals surface area (Å²) in [4.78, 5) is -0.0325. The summed E-state index contributed by atoms with van der Waals surface area (Å²) in [6, 6.07) is 4.64. The fourth-order valence-corrected chi connectivity index (χ4v) is 1.96. The molecule has 0 spiro atoms. The highest BCUT2D eigenvalue weighted by atomic mass is 32.2. The summed E-state index contributed by atoms with van der Waals surface area (Å²) in [5.41, 5.74) is 2.03. The predicted molar refractivity (Wildman–Crippen MR) is 46.8 cm³/mol. The highest BCUT2D eigenvalue weighted by molar-refractivity contribution is 7.85. The normalized spacial score (nSPS) is 15.8. The summed E-state index contributed by atoms with van der Waals surface area (Å²) in [6.07, 6.45) is 0. The Morgan fingerprint density at radius 3 is 2.62 bits per heavy atom. The first-order chi connectivity index (χ1) is 6.07. The van der Waals surface area contributed by atoms with Crippen LogP contribution in [0.1, 0.15) is 11.1 Å². The van der Waals surface area contributed by atoms with E-state index in [4.69, 9.17) is 4.55 Å². The van der Waals surface area contributed by atoms with Crippen molar-refractivity contribution in [1.29, 1.82) is 0 Å². The third-order valence-corrected chi connectivity index (χ3v) is 2.96. The van der Waals surface area contributed by atoms with Crippen LogP contribution in [0.4, 0.5) is 0 Å². The highest BCUT2D eigenvalue weighted by Gasteiger charge is 2.15. The second-order valence-electron chi connectivity index (χ2n) is 3.01. The minimum atomic E-state index is -4.05. The molecule has 70 valence electrons. The van der Waals surface area contributed by atoms with Gasteiger partial charge in [-0.25, -0.2) is 0 Å². The molecule has 0 saturated heterocycles. The fraction of sp³-hybridized carbons (Fsp3) is 0.250. The first-order valence-electron chi connectivity index (χ1n) is 3.87. The van der Waals surface area contributed by atoms with Crippen molar-refractivity contribution in [3.05, 3.63) is 29.3 Å². The van der Waals surface area contributed by atoms with E-state index in [-0.39, 0.29) is 4.90 Å². The maximum Gasteiger partial charge on any atom is 0.294 e. The van der Waals surface area contributed by atoms with Gasteiger partial charge in [0.05, 0.1) is 4.90 Å². The molecule has 2 N–H and O–H groups in total. The lowest BCUT2D eigenvalue weighted by molar-refractivity contribution is 0.483. The average Bonchev–Trinajstić information content (AvgIpc) is 2.47. The number of fused-ring (bicyclic) bond motifs is 1. The van der Waals surface area contributed by atoms with Crippen LogP contribution in [-0.2, 0) is 23.2 Å². The van der Waals surface area contributed by atoms with Crippen LogP contribution >= 0.6 is 0 Å². The third kappa shape index (κ3) is 1.58. The summed E-state index contributed by atoms with van der Waals surface area (Å²) >= 11 is 0. The lowest BCUT2D eigenvalue weighted by atomic mass is 10.1. The Morgan fingerprint density at radius 1 is 1.23 bits per heavy atom. The van der Waals surface area contributed by atoms with E-state index in [1.165, 1.54) is 12.1 Å². The van der Waals surface area contributed by atoms with E-state index in [1.807, 2.05) is 0 Å². The Morgan fingerprint density at radius 2 is 1.92 bits per heavy atom. The number of rotatable bonds is 1. The summed E-state index contributed by atoms with van der Waals surface area (Å²) < 4.78 is 30.3. The first-order valence-corrected chi connectivity index (χ1v) is 5.31. The van der Waals surface area contributed by atoms with Crippen molar-refractivity contribution in [1.82, 2.24) is 5.32 Å². The van der Waals surface area contributed by atoms with Crippen LogP contribution in [-0.4, -0.2) is 13.0 Å². The quantitative estimate of drug-likeness (QED) is 0.648. The molecule has 0 aliphatic carbocycles. The fourth-order valence-electron chi connectivity index (χ4n) is 1.43. The molecule has 0 unspecified atom stereocenters. The monoisotopic (exact) mass is 199 g/mol. The molecule has 1 aromatic rings. The van der Waals surface area contributed by atoms with E-state index in [0.29, 0.717) is 6.54 Å². The van der Waals surface area contributed by atoms with Gasteiger partial charge >= 0.3 is 0 Å². The molecule has 0 amide bonds. The molecule has 1 heterocycles. The topological polar surface area (TPSA) is 66.4 Å². The SMILES string of the molecule is O=S(=O)(O)c1ccc2c(c1)CNC2. The molecule has 1 aliphatic rings. The third-order valence-electron chi connectivity index (χ3n) is 2.11. The van der Waals surface area contributed by atoms with Crippen molar-refractivity contribution in [3.8, 4) is 0 Å². The van der Waals surface area contributed by atoms with Crippen LogP contribution in [0.25, 0.3) is 0 Å². The molecule has 0 aromatic heterocycles. The summed E-state index contributed by atoms with van der Waals surface area (Å²) in [7, 11) is -4.05. The van der Waals surface area contributed by atoms with Gasteiger partial charge < -0.3 is 5.32 Å². The van der Waals surface area contributed by atoms with Crippen LogP contribution in [0.5, 0.6) is 0 Å². The van der Waals surface area contributed by atoms with Crippen LogP contribution in [0.2, 0.25) is 0 Å². The Kier molecular flexibility index (Phi) is 1.87. The van der Waals surface area contributed by atoms with Gasteiger partial charge in [-0.15, -0.1) is 0 Å². The van der Waals surface area contributed by atoms with E-state index in [1.54, 1.807) is 6.07 Å². The van der Waals surface area contributed by atoms with Crippen molar-refractivity contribution in [3.63, 3.8) is 0 Å². The maximum absolute atomic E-state index is 10.8. The zero-order valence-corrected chi connectivity index (χ0v) is 7.63. The standard InChI is InChI=1S/C8H9NO3S/c10-13(11,12)8-2-1-6-4-9-5-7(6)3-8/h1-3,9H,4-5H2,(H,10,11,12). The van der Waals surface area contributed by atoms with Gasteiger partial charge in [0.15, 0.2) is 0 Å². The summed E-state index contributed by atoms with van der Waals surface area (Å²) in [5.74, 6) is 0. The molecule has 0 saturated carbocycles. The van der Waals surface area contributed by atoms with Crippen LogP contribution in [0.3, 0.4) is 0 Å². The number of benzene rings is 1. The minimum Gasteiger partial charge on any atom is -0.309 e. The minimum absolute atomic E-state index is 0.0325. The number of hydrogen-bond acceptors (Lipinski definition) is 3. The Balaban J connectivity index is 2.54. The molecular weight excluding hydrogens is 190 g/mol. The van der Waals surface area contributed by atoms with Gasteiger partial charge in [0, 0.05) is 13.1 Å². The summed E-state index contributed by atoms with van der Waals surface area (Å²) in [5, 5.41) is 3.09. The van der Waals surface area contributed by atoms with Crippen LogP contribution < -0.4 is 5.32 Å². The Hall–Kier alpha value is -0.910. The Bertz CT molecular complexity index is 439. The largest absolute Gasteiger partial charge is 0.309 e. The number of nitrogens with one attached hydrogen (secondary N) is 1. The molecule has 2 rings (SSSR count). The van der Waals surface area contributed by atoms with Crippen molar-refractivity contribution >= 4 is 10.1 Å². The number of hydrogen-bond donors (Lipinski definition) is 2. The molecule has 1 aliphatic heterocycles. The Labute approximate surface area is 76.3 Å². The van der Waals surface area contributed by atoms with Gasteiger partial charge in [-0.2, -0.15) is 8.42 Å². The van der Waals surface area contributed by atoms with Crippen molar-refractivity contribution < 1.29 is 13.0 Å². The van der Waals surface area contributed by atoms with Crippen molar-refractivity contribution in [2.45, 2.75) is 18.0 Å². The zero-order chi connectivity index (χ0) is 9.47. The second kappa shape index (κ2) is 2.80. The summed E-state index contributed by atoms with van der Waals surface area (Å²) in [6.45, 7) is 1.43. The van der Waals surface area contributed by atoms with E-state index in [0.717, 1.165) is 17.7 Å². The zero-order valence-electron chi connectivity index (χ0n) is 6.82. The predicted octanol–water partition coefficient (Wildman–Crippen LogP) is 0.536. The average molecular weight is 199 g/mol. The van der Waals surface area contributed by atoms with Crippen molar-refractivity contribution in [2.24, 2.45) is 0 Å². The highest BCUT2D eigenvalue weighted by Crippen LogP contribution is 2.19. The van der Waals surface area contributed by atoms with Crippen LogP contribution in [0, 0.1) is 0 Å². The lowest BCUT2D eigenvalue weighted by Crippen LogP contribution is -2.00. The van der Waals surface area contributed by atoms with E-state index >= 15 is 0 Å². The van der Waals surface area contributed by atoms with Gasteiger partial charge in [0.2, 0.25) is 0 Å². The maximum atomic E-state index is 10.8. The van der Waals surface area contributed by atoms with Gasteiger partial charge in [-0.05, 0) is 23.3 Å². The molecule has 0 atom stereocenters. The molecule has 5 heteroatoms. The lowest BCUT2D eigenvalue weighted by Gasteiger charge is -2.00. The van der Waals surface area contributed by atoms with Gasteiger partial charge in [0.1, 0.15) is 0 Å². The van der Waals surface area contributed by atoms with E-state index in [9.17, 15) is 8.42 Å². The van der Waals surface area contributed by atoms with Gasteiger partial charge in [-0.3, -0.25) is 4.55 Å². The van der Waals surface area contributed by atoms with Gasteiger partial charge in [0.25, 0.3) is 10.1 Å². The second-order valence-corrected chi connectivity index (χ2v) is 4.43. The van der Waals surface area contributed by atoms with E-state index in [2.05, 4.69) is 5.32 Å². The molecule has 1 aromatic carbocycles. The molecule has 4 nitrogen and oxygen atoms in total. The molecular formula is C8H9NO3S. The van der Waals surface area contributed by atoms with Crippen molar-refractivity contribution in [2.75, 3.05) is 0 Å². The smallest absolute Gasteiger partial charge is 0.294 e. The van der Waals surface area contributed by atoms with Crippen LogP contribution in [0.15, 0.2) is 23.1 Å². The molecule has 0 radical (unpaired) electrons. The first kappa shape index (κ1) is 8.68. The molecule has 0 bridgehead atoms. The molecule has 0 fully saturated rings.